The molecule has 1 heterocycles. The molecule has 2 heteroatoms. The normalized spacial score (nSPS) is 27.5. The molecule has 1 saturated heterocycles. The fourth-order valence-electron chi connectivity index (χ4n) is 3.74. The highest BCUT2D eigenvalue weighted by atomic mass is 16.5. The summed E-state index contributed by atoms with van der Waals surface area (Å²) < 4.78 is 6.17. The van der Waals surface area contributed by atoms with Gasteiger partial charge in [0.25, 0.3) is 0 Å². The molecule has 1 atom stereocenters. The fourth-order valence-corrected chi connectivity index (χ4v) is 3.74. The Morgan fingerprint density at radius 2 is 2.00 bits per heavy atom. The maximum Gasteiger partial charge on any atom is 0.0685 e. The van der Waals surface area contributed by atoms with E-state index in [0.717, 1.165) is 12.5 Å². The standard InChI is InChI=1S/C16H31NO/c1-2-11-17-12-6-7-15-8-13-18-16(14-15)9-4-3-5-10-16/h15,17H,2-14H2,1H3. The molecule has 106 valence electrons. The van der Waals surface area contributed by atoms with Crippen LogP contribution in [0.2, 0.25) is 0 Å². The molecular weight excluding hydrogens is 222 g/mol. The Hall–Kier alpha value is -0.0800. The van der Waals surface area contributed by atoms with Crippen LogP contribution in [-0.4, -0.2) is 25.3 Å². The van der Waals surface area contributed by atoms with Crippen LogP contribution in [0.25, 0.3) is 0 Å². The zero-order valence-electron chi connectivity index (χ0n) is 12.2. The molecule has 0 aromatic carbocycles. The molecule has 0 aromatic rings. The lowest BCUT2D eigenvalue weighted by Gasteiger charge is -2.43. The largest absolute Gasteiger partial charge is 0.375 e. The van der Waals surface area contributed by atoms with E-state index in [0.29, 0.717) is 5.60 Å². The average Bonchev–Trinajstić information content (AvgIpc) is 2.40. The highest BCUT2D eigenvalue weighted by molar-refractivity contribution is 4.89. The first-order valence-electron chi connectivity index (χ1n) is 8.19. The smallest absolute Gasteiger partial charge is 0.0685 e. The van der Waals surface area contributed by atoms with Crippen molar-refractivity contribution < 1.29 is 4.74 Å². The van der Waals surface area contributed by atoms with Crippen LogP contribution in [0.3, 0.4) is 0 Å². The van der Waals surface area contributed by atoms with E-state index in [1.165, 1.54) is 77.3 Å². The van der Waals surface area contributed by atoms with Crippen LogP contribution < -0.4 is 5.32 Å². The Kier molecular flexibility index (Phi) is 5.97. The SMILES string of the molecule is CCCNCCCC1CCOC2(CCCCC2)C1. The summed E-state index contributed by atoms with van der Waals surface area (Å²) in [4.78, 5) is 0. The van der Waals surface area contributed by atoms with Crippen molar-refractivity contribution in [2.45, 2.75) is 76.7 Å². The molecule has 0 radical (unpaired) electrons. The molecule has 0 bridgehead atoms. The van der Waals surface area contributed by atoms with Crippen molar-refractivity contribution in [3.8, 4) is 0 Å². The highest BCUT2D eigenvalue weighted by Crippen LogP contribution is 2.41. The number of hydrogen-bond donors (Lipinski definition) is 1. The molecule has 2 nitrogen and oxygen atoms in total. The molecule has 0 amide bonds. The third kappa shape index (κ3) is 4.24. The summed E-state index contributed by atoms with van der Waals surface area (Å²) in [6, 6.07) is 0. The minimum atomic E-state index is 0.304. The fraction of sp³-hybridized carbons (Fsp3) is 1.00. The van der Waals surface area contributed by atoms with Crippen LogP contribution in [-0.2, 0) is 4.74 Å². The molecule has 1 aliphatic carbocycles. The Balaban J connectivity index is 1.66. The second-order valence-electron chi connectivity index (χ2n) is 6.34. The zero-order chi connectivity index (χ0) is 12.7. The van der Waals surface area contributed by atoms with Crippen molar-refractivity contribution in [1.82, 2.24) is 5.32 Å². The predicted molar refractivity (Wildman–Crippen MR) is 76.9 cm³/mol. The third-order valence-electron chi connectivity index (χ3n) is 4.75. The summed E-state index contributed by atoms with van der Waals surface area (Å²) in [5.41, 5.74) is 0.304. The van der Waals surface area contributed by atoms with Gasteiger partial charge in [-0.25, -0.2) is 0 Å². The van der Waals surface area contributed by atoms with E-state index in [2.05, 4.69) is 12.2 Å². The van der Waals surface area contributed by atoms with E-state index < -0.39 is 0 Å². The molecule has 1 spiro atoms. The molecule has 1 aliphatic heterocycles. The van der Waals surface area contributed by atoms with E-state index in [1.807, 2.05) is 0 Å². The van der Waals surface area contributed by atoms with Gasteiger partial charge in [-0.15, -0.1) is 0 Å². The highest BCUT2D eigenvalue weighted by Gasteiger charge is 2.37. The van der Waals surface area contributed by atoms with Crippen LogP contribution in [0.1, 0.15) is 71.1 Å². The molecule has 2 fully saturated rings. The van der Waals surface area contributed by atoms with Gasteiger partial charge in [-0.2, -0.15) is 0 Å². The van der Waals surface area contributed by atoms with Crippen molar-refractivity contribution in [3.05, 3.63) is 0 Å². The number of hydrogen-bond acceptors (Lipinski definition) is 2. The quantitative estimate of drug-likeness (QED) is 0.725. The monoisotopic (exact) mass is 253 g/mol. The van der Waals surface area contributed by atoms with Crippen LogP contribution in [0, 0.1) is 5.92 Å². The summed E-state index contributed by atoms with van der Waals surface area (Å²) in [6.07, 6.45) is 13.5. The van der Waals surface area contributed by atoms with Gasteiger partial charge in [0.1, 0.15) is 0 Å². The minimum absolute atomic E-state index is 0.304. The van der Waals surface area contributed by atoms with Crippen molar-refractivity contribution >= 4 is 0 Å². The van der Waals surface area contributed by atoms with Crippen molar-refractivity contribution in [3.63, 3.8) is 0 Å². The van der Waals surface area contributed by atoms with E-state index in [4.69, 9.17) is 4.74 Å². The maximum atomic E-state index is 6.17. The summed E-state index contributed by atoms with van der Waals surface area (Å²) in [5, 5.41) is 3.51. The van der Waals surface area contributed by atoms with Crippen molar-refractivity contribution in [1.29, 1.82) is 0 Å². The Labute approximate surface area is 113 Å². The molecular formula is C16H31NO. The van der Waals surface area contributed by atoms with Gasteiger partial charge in [0.15, 0.2) is 0 Å². The van der Waals surface area contributed by atoms with Gasteiger partial charge >= 0.3 is 0 Å². The summed E-state index contributed by atoms with van der Waals surface area (Å²) in [5.74, 6) is 0.931. The third-order valence-corrected chi connectivity index (χ3v) is 4.75. The zero-order valence-corrected chi connectivity index (χ0v) is 12.2. The summed E-state index contributed by atoms with van der Waals surface area (Å²) >= 11 is 0. The number of ether oxygens (including phenoxy) is 1. The average molecular weight is 253 g/mol. The summed E-state index contributed by atoms with van der Waals surface area (Å²) in [7, 11) is 0. The first-order chi connectivity index (χ1) is 8.85. The van der Waals surface area contributed by atoms with Crippen LogP contribution >= 0.6 is 0 Å². The van der Waals surface area contributed by atoms with Gasteiger partial charge in [-0.1, -0.05) is 26.2 Å². The lowest BCUT2D eigenvalue weighted by Crippen LogP contribution is -2.41. The minimum Gasteiger partial charge on any atom is -0.375 e. The molecule has 1 unspecified atom stereocenters. The lowest BCUT2D eigenvalue weighted by atomic mass is 9.75. The molecule has 1 N–H and O–H groups in total. The van der Waals surface area contributed by atoms with E-state index in [9.17, 15) is 0 Å². The second-order valence-corrected chi connectivity index (χ2v) is 6.34. The number of nitrogens with one attached hydrogen (secondary N) is 1. The maximum absolute atomic E-state index is 6.17. The Bertz CT molecular complexity index is 218. The van der Waals surface area contributed by atoms with E-state index in [-0.39, 0.29) is 0 Å². The van der Waals surface area contributed by atoms with Crippen LogP contribution in [0.15, 0.2) is 0 Å². The van der Waals surface area contributed by atoms with Crippen molar-refractivity contribution in [2.75, 3.05) is 19.7 Å². The predicted octanol–water partition coefficient (Wildman–Crippen LogP) is 3.90. The first-order valence-corrected chi connectivity index (χ1v) is 8.19. The first kappa shape index (κ1) is 14.3. The van der Waals surface area contributed by atoms with Gasteiger partial charge in [-0.3, -0.25) is 0 Å². The summed E-state index contributed by atoms with van der Waals surface area (Å²) in [6.45, 7) is 5.64. The number of rotatable bonds is 6. The van der Waals surface area contributed by atoms with Gasteiger partial charge in [0.05, 0.1) is 5.60 Å². The van der Waals surface area contributed by atoms with Gasteiger partial charge < -0.3 is 10.1 Å². The van der Waals surface area contributed by atoms with Crippen LogP contribution in [0.5, 0.6) is 0 Å². The Morgan fingerprint density at radius 1 is 1.17 bits per heavy atom. The van der Waals surface area contributed by atoms with E-state index in [1.54, 1.807) is 0 Å². The lowest BCUT2D eigenvalue weighted by molar-refractivity contribution is -0.118. The van der Waals surface area contributed by atoms with E-state index >= 15 is 0 Å². The second kappa shape index (κ2) is 7.49. The molecule has 1 saturated carbocycles. The van der Waals surface area contributed by atoms with Gasteiger partial charge in [0, 0.05) is 6.61 Å². The van der Waals surface area contributed by atoms with Gasteiger partial charge in [0.2, 0.25) is 0 Å². The van der Waals surface area contributed by atoms with Crippen molar-refractivity contribution in [2.24, 2.45) is 5.92 Å². The topological polar surface area (TPSA) is 21.3 Å². The molecule has 2 rings (SSSR count). The van der Waals surface area contributed by atoms with Crippen LogP contribution in [0.4, 0.5) is 0 Å². The molecule has 0 aromatic heterocycles. The molecule has 2 aliphatic rings. The molecule has 18 heavy (non-hydrogen) atoms. The van der Waals surface area contributed by atoms with Gasteiger partial charge in [-0.05, 0) is 64.0 Å². The Morgan fingerprint density at radius 3 is 2.78 bits per heavy atom.